The van der Waals surface area contributed by atoms with Crippen molar-refractivity contribution in [2.75, 3.05) is 11.5 Å². The van der Waals surface area contributed by atoms with E-state index in [4.69, 9.17) is 11.5 Å². The van der Waals surface area contributed by atoms with Gasteiger partial charge in [0.2, 0.25) is 0 Å². The summed E-state index contributed by atoms with van der Waals surface area (Å²) >= 11 is 0. The molecule has 1 aromatic carbocycles. The summed E-state index contributed by atoms with van der Waals surface area (Å²) in [5.74, 6) is 0. The molecular formula is C12H13N3. The maximum atomic E-state index is 5.74. The molecule has 0 fully saturated rings. The van der Waals surface area contributed by atoms with E-state index < -0.39 is 0 Å². The lowest BCUT2D eigenvalue weighted by Gasteiger charge is -2.05. The molecule has 0 aliphatic heterocycles. The molecule has 76 valence electrons. The molecule has 0 bridgehead atoms. The summed E-state index contributed by atoms with van der Waals surface area (Å²) in [7, 11) is 0. The molecule has 3 nitrogen and oxygen atoms in total. The quantitative estimate of drug-likeness (QED) is 0.692. The molecule has 3 heteroatoms. The molecule has 4 N–H and O–H groups in total. The van der Waals surface area contributed by atoms with E-state index >= 15 is 0 Å². The van der Waals surface area contributed by atoms with Crippen LogP contribution in [-0.2, 0) is 0 Å². The zero-order valence-corrected chi connectivity index (χ0v) is 8.57. The molecule has 0 aliphatic carbocycles. The first-order valence-electron chi connectivity index (χ1n) is 4.76. The van der Waals surface area contributed by atoms with Gasteiger partial charge in [0.15, 0.2) is 0 Å². The molecule has 15 heavy (non-hydrogen) atoms. The molecule has 0 spiro atoms. The topological polar surface area (TPSA) is 64.9 Å². The van der Waals surface area contributed by atoms with E-state index in [1.807, 2.05) is 37.3 Å². The molecule has 1 heterocycles. The van der Waals surface area contributed by atoms with Gasteiger partial charge in [0.1, 0.15) is 0 Å². The number of rotatable bonds is 1. The number of nitrogens with zero attached hydrogens (tertiary/aromatic N) is 1. The van der Waals surface area contributed by atoms with Gasteiger partial charge in [-0.05, 0) is 31.2 Å². The van der Waals surface area contributed by atoms with Crippen LogP contribution < -0.4 is 11.5 Å². The summed E-state index contributed by atoms with van der Waals surface area (Å²) in [5, 5.41) is 0. The van der Waals surface area contributed by atoms with E-state index in [0.717, 1.165) is 17.0 Å². The predicted octanol–water partition coefficient (Wildman–Crippen LogP) is 2.22. The first kappa shape index (κ1) is 9.52. The average molecular weight is 199 g/mol. The van der Waals surface area contributed by atoms with Crippen molar-refractivity contribution < 1.29 is 0 Å². The van der Waals surface area contributed by atoms with Gasteiger partial charge in [-0.2, -0.15) is 0 Å². The van der Waals surface area contributed by atoms with Crippen LogP contribution in [0.3, 0.4) is 0 Å². The van der Waals surface area contributed by atoms with Gasteiger partial charge in [0, 0.05) is 11.3 Å². The van der Waals surface area contributed by atoms with Crippen molar-refractivity contribution in [3.63, 3.8) is 0 Å². The highest BCUT2D eigenvalue weighted by molar-refractivity contribution is 5.72. The van der Waals surface area contributed by atoms with Crippen LogP contribution in [0.2, 0.25) is 0 Å². The Labute approximate surface area is 88.8 Å². The number of benzene rings is 1. The van der Waals surface area contributed by atoms with Crippen LogP contribution in [0.5, 0.6) is 0 Å². The molecule has 2 rings (SSSR count). The summed E-state index contributed by atoms with van der Waals surface area (Å²) < 4.78 is 0. The maximum Gasteiger partial charge on any atom is 0.0705 e. The van der Waals surface area contributed by atoms with Gasteiger partial charge in [-0.3, -0.25) is 4.98 Å². The van der Waals surface area contributed by atoms with Gasteiger partial charge in [0.05, 0.1) is 17.1 Å². The van der Waals surface area contributed by atoms with E-state index in [2.05, 4.69) is 4.98 Å². The molecule has 0 saturated carbocycles. The van der Waals surface area contributed by atoms with Crippen LogP contribution in [0.4, 0.5) is 11.4 Å². The number of hydrogen-bond acceptors (Lipinski definition) is 3. The van der Waals surface area contributed by atoms with Gasteiger partial charge in [-0.15, -0.1) is 0 Å². The maximum absolute atomic E-state index is 5.74. The minimum atomic E-state index is 0.593. The van der Waals surface area contributed by atoms with Gasteiger partial charge in [-0.25, -0.2) is 0 Å². The summed E-state index contributed by atoms with van der Waals surface area (Å²) in [6.45, 7) is 1.96. The van der Waals surface area contributed by atoms with Crippen LogP contribution in [0, 0.1) is 6.92 Å². The minimum Gasteiger partial charge on any atom is -0.397 e. The number of anilines is 2. The lowest BCUT2D eigenvalue weighted by Crippen LogP contribution is -1.95. The van der Waals surface area contributed by atoms with Crippen molar-refractivity contribution in [3.8, 4) is 11.3 Å². The third-order valence-electron chi connectivity index (χ3n) is 2.27. The average Bonchev–Trinajstić information content (AvgIpc) is 2.22. The number of aryl methyl sites for hydroxylation is 1. The summed E-state index contributed by atoms with van der Waals surface area (Å²) in [6.07, 6.45) is 0. The number of nitrogens with two attached hydrogens (primary N) is 2. The van der Waals surface area contributed by atoms with Crippen LogP contribution in [0.25, 0.3) is 11.3 Å². The van der Waals surface area contributed by atoms with Crippen molar-refractivity contribution in [3.05, 3.63) is 42.1 Å². The van der Waals surface area contributed by atoms with Crippen molar-refractivity contribution in [2.45, 2.75) is 6.92 Å². The van der Waals surface area contributed by atoms with Crippen LogP contribution in [0.1, 0.15) is 5.69 Å². The molecule has 1 aromatic heterocycles. The number of hydrogen-bond donors (Lipinski definition) is 2. The van der Waals surface area contributed by atoms with Gasteiger partial charge < -0.3 is 11.5 Å². The molecule has 0 unspecified atom stereocenters. The first-order valence-corrected chi connectivity index (χ1v) is 4.76. The number of pyridine rings is 1. The number of aromatic nitrogens is 1. The molecule has 2 aromatic rings. The van der Waals surface area contributed by atoms with Crippen LogP contribution in [-0.4, -0.2) is 4.98 Å². The predicted molar refractivity (Wildman–Crippen MR) is 63.2 cm³/mol. The van der Waals surface area contributed by atoms with Gasteiger partial charge >= 0.3 is 0 Å². The smallest absolute Gasteiger partial charge is 0.0705 e. The normalized spacial score (nSPS) is 10.2. The lowest BCUT2D eigenvalue weighted by molar-refractivity contribution is 1.21. The molecular weight excluding hydrogens is 186 g/mol. The Kier molecular flexibility index (Phi) is 2.29. The number of nitrogen functional groups attached to an aromatic ring is 2. The molecule has 0 aliphatic rings. The molecule has 0 radical (unpaired) electrons. The third kappa shape index (κ3) is 1.91. The van der Waals surface area contributed by atoms with Crippen molar-refractivity contribution in [1.82, 2.24) is 4.98 Å². The van der Waals surface area contributed by atoms with E-state index in [-0.39, 0.29) is 0 Å². The minimum absolute atomic E-state index is 0.593. The zero-order chi connectivity index (χ0) is 10.8. The standard InChI is InChI=1S/C12H13N3/c1-8-3-2-4-12(15-8)9-5-6-10(13)11(14)7-9/h2-7H,13-14H2,1H3. The Hall–Kier alpha value is -2.03. The summed E-state index contributed by atoms with van der Waals surface area (Å²) in [5.41, 5.74) is 15.5. The summed E-state index contributed by atoms with van der Waals surface area (Å²) in [4.78, 5) is 4.42. The largest absolute Gasteiger partial charge is 0.397 e. The van der Waals surface area contributed by atoms with Crippen molar-refractivity contribution >= 4 is 11.4 Å². The second-order valence-electron chi connectivity index (χ2n) is 3.51. The summed E-state index contributed by atoms with van der Waals surface area (Å²) in [6, 6.07) is 11.5. The molecule has 0 saturated heterocycles. The first-order chi connectivity index (χ1) is 7.16. The molecule has 0 amide bonds. The molecule has 0 atom stereocenters. The Bertz CT molecular complexity index is 492. The zero-order valence-electron chi connectivity index (χ0n) is 8.57. The third-order valence-corrected chi connectivity index (χ3v) is 2.27. The van der Waals surface area contributed by atoms with Crippen LogP contribution in [0.15, 0.2) is 36.4 Å². The Morgan fingerprint density at radius 1 is 1.00 bits per heavy atom. The fraction of sp³-hybridized carbons (Fsp3) is 0.0833. The highest BCUT2D eigenvalue weighted by Crippen LogP contribution is 2.23. The van der Waals surface area contributed by atoms with E-state index in [0.29, 0.717) is 11.4 Å². The lowest BCUT2D eigenvalue weighted by atomic mass is 10.1. The monoisotopic (exact) mass is 199 g/mol. The fourth-order valence-electron chi connectivity index (χ4n) is 1.44. The van der Waals surface area contributed by atoms with E-state index in [1.54, 1.807) is 6.07 Å². The highest BCUT2D eigenvalue weighted by Gasteiger charge is 2.01. The Morgan fingerprint density at radius 3 is 2.47 bits per heavy atom. The fourth-order valence-corrected chi connectivity index (χ4v) is 1.44. The van der Waals surface area contributed by atoms with Gasteiger partial charge in [0.25, 0.3) is 0 Å². The van der Waals surface area contributed by atoms with E-state index in [9.17, 15) is 0 Å². The highest BCUT2D eigenvalue weighted by atomic mass is 14.7. The Balaban J connectivity index is 2.50. The van der Waals surface area contributed by atoms with Gasteiger partial charge in [-0.1, -0.05) is 12.1 Å². The van der Waals surface area contributed by atoms with Crippen molar-refractivity contribution in [2.24, 2.45) is 0 Å². The van der Waals surface area contributed by atoms with Crippen molar-refractivity contribution in [1.29, 1.82) is 0 Å². The van der Waals surface area contributed by atoms with Crippen LogP contribution >= 0.6 is 0 Å². The second-order valence-corrected chi connectivity index (χ2v) is 3.51. The Morgan fingerprint density at radius 2 is 1.80 bits per heavy atom. The van der Waals surface area contributed by atoms with E-state index in [1.165, 1.54) is 0 Å². The second kappa shape index (κ2) is 3.61. The SMILES string of the molecule is Cc1cccc(-c2ccc(N)c(N)c2)n1.